The van der Waals surface area contributed by atoms with Crippen LogP contribution in [0.5, 0.6) is 0 Å². The van der Waals surface area contributed by atoms with E-state index >= 15 is 0 Å². The number of hydrogen-bond donors (Lipinski definition) is 1. The SMILES string of the molecule is CC(C)NS(=O)(=O)CCS(C)(=O)=O. The molecule has 0 saturated heterocycles. The minimum Gasteiger partial charge on any atom is -0.229 e. The van der Waals surface area contributed by atoms with Gasteiger partial charge in [0.2, 0.25) is 10.0 Å². The van der Waals surface area contributed by atoms with E-state index in [4.69, 9.17) is 0 Å². The van der Waals surface area contributed by atoms with Crippen molar-refractivity contribution in [1.82, 2.24) is 4.72 Å². The molecule has 0 heterocycles. The van der Waals surface area contributed by atoms with E-state index in [0.29, 0.717) is 0 Å². The summed E-state index contributed by atoms with van der Waals surface area (Å²) >= 11 is 0. The van der Waals surface area contributed by atoms with Gasteiger partial charge in [0, 0.05) is 12.3 Å². The summed E-state index contributed by atoms with van der Waals surface area (Å²) in [6.45, 7) is 3.36. The molecule has 0 aromatic carbocycles. The Morgan fingerprint density at radius 2 is 1.54 bits per heavy atom. The van der Waals surface area contributed by atoms with E-state index < -0.39 is 19.9 Å². The van der Waals surface area contributed by atoms with Gasteiger partial charge in [-0.2, -0.15) is 0 Å². The standard InChI is InChI=1S/C6H15NO4S2/c1-6(2)7-13(10,11)5-4-12(3,8)9/h6-7H,4-5H2,1-3H3. The number of sulfonamides is 1. The molecule has 0 amide bonds. The summed E-state index contributed by atoms with van der Waals surface area (Å²) in [5.74, 6) is -0.709. The third-order valence-electron chi connectivity index (χ3n) is 1.14. The fourth-order valence-electron chi connectivity index (χ4n) is 0.679. The van der Waals surface area contributed by atoms with Gasteiger partial charge in [-0.15, -0.1) is 0 Å². The van der Waals surface area contributed by atoms with Gasteiger partial charge in [-0.1, -0.05) is 0 Å². The van der Waals surface area contributed by atoms with Crippen molar-refractivity contribution < 1.29 is 16.8 Å². The second-order valence-corrected chi connectivity index (χ2v) is 7.35. The van der Waals surface area contributed by atoms with Gasteiger partial charge in [0.1, 0.15) is 9.84 Å². The predicted octanol–water partition coefficient (Wildman–Crippen LogP) is -0.641. The van der Waals surface area contributed by atoms with Gasteiger partial charge < -0.3 is 0 Å². The summed E-state index contributed by atoms with van der Waals surface area (Å²) in [6, 6.07) is -0.204. The molecule has 7 heteroatoms. The zero-order valence-electron chi connectivity index (χ0n) is 7.94. The normalized spacial score (nSPS) is 13.5. The quantitative estimate of drug-likeness (QED) is 0.680. The van der Waals surface area contributed by atoms with Crippen molar-refractivity contribution in [2.45, 2.75) is 19.9 Å². The molecular weight excluding hydrogens is 214 g/mol. The zero-order chi connectivity index (χ0) is 10.7. The molecule has 0 aromatic heterocycles. The maximum atomic E-state index is 11.1. The average Bonchev–Trinajstić information content (AvgIpc) is 1.79. The van der Waals surface area contributed by atoms with Crippen molar-refractivity contribution in [3.05, 3.63) is 0 Å². The fourth-order valence-corrected chi connectivity index (χ4v) is 3.60. The van der Waals surface area contributed by atoms with E-state index in [9.17, 15) is 16.8 Å². The summed E-state index contributed by atoms with van der Waals surface area (Å²) < 4.78 is 45.9. The number of hydrogen-bond acceptors (Lipinski definition) is 4. The molecule has 5 nitrogen and oxygen atoms in total. The molecule has 0 fully saturated rings. The second-order valence-electron chi connectivity index (χ2n) is 3.22. The Balaban J connectivity index is 4.22. The largest absolute Gasteiger partial charge is 0.229 e. The molecule has 0 aromatic rings. The summed E-state index contributed by atoms with van der Waals surface area (Å²) in [6.07, 6.45) is 1.01. The molecule has 1 N–H and O–H groups in total. The van der Waals surface area contributed by atoms with Gasteiger partial charge in [-0.3, -0.25) is 0 Å². The van der Waals surface area contributed by atoms with E-state index in [1.54, 1.807) is 13.8 Å². The van der Waals surface area contributed by atoms with E-state index in [1.807, 2.05) is 0 Å². The highest BCUT2D eigenvalue weighted by Crippen LogP contribution is 1.91. The van der Waals surface area contributed by atoms with Crippen LogP contribution >= 0.6 is 0 Å². The lowest BCUT2D eigenvalue weighted by Gasteiger charge is -2.08. The highest BCUT2D eigenvalue weighted by molar-refractivity contribution is 7.93. The molecule has 0 spiro atoms. The molecule has 80 valence electrons. The van der Waals surface area contributed by atoms with Crippen LogP contribution in [0, 0.1) is 0 Å². The van der Waals surface area contributed by atoms with Crippen LogP contribution in [0.1, 0.15) is 13.8 Å². The molecule has 0 bridgehead atoms. The first kappa shape index (κ1) is 12.9. The molecule has 0 aliphatic carbocycles. The predicted molar refractivity (Wildman–Crippen MR) is 51.8 cm³/mol. The third-order valence-corrected chi connectivity index (χ3v) is 3.91. The van der Waals surface area contributed by atoms with Crippen molar-refractivity contribution in [2.24, 2.45) is 0 Å². The van der Waals surface area contributed by atoms with Crippen LogP contribution in [-0.2, 0) is 19.9 Å². The molecule has 0 rings (SSSR count). The Hall–Kier alpha value is -0.140. The molecule has 0 saturated carbocycles. The fraction of sp³-hybridized carbons (Fsp3) is 1.00. The van der Waals surface area contributed by atoms with Crippen molar-refractivity contribution in [1.29, 1.82) is 0 Å². The summed E-state index contributed by atoms with van der Waals surface area (Å²) in [5.41, 5.74) is 0. The van der Waals surface area contributed by atoms with Crippen LogP contribution < -0.4 is 4.72 Å². The van der Waals surface area contributed by atoms with E-state index in [2.05, 4.69) is 4.72 Å². The monoisotopic (exact) mass is 229 g/mol. The lowest BCUT2D eigenvalue weighted by atomic mass is 10.4. The van der Waals surface area contributed by atoms with Crippen molar-refractivity contribution in [2.75, 3.05) is 17.8 Å². The zero-order valence-corrected chi connectivity index (χ0v) is 9.57. The minimum atomic E-state index is -3.44. The van der Waals surface area contributed by atoms with E-state index in [1.165, 1.54) is 0 Å². The lowest BCUT2D eigenvalue weighted by molar-refractivity contribution is 0.568. The van der Waals surface area contributed by atoms with Crippen molar-refractivity contribution in [3.8, 4) is 0 Å². The van der Waals surface area contributed by atoms with Gasteiger partial charge in [0.15, 0.2) is 0 Å². The molecule has 0 atom stereocenters. The smallest absolute Gasteiger partial charge is 0.212 e. The Morgan fingerprint density at radius 1 is 1.08 bits per heavy atom. The molecule has 0 aliphatic heterocycles. The van der Waals surface area contributed by atoms with Crippen molar-refractivity contribution in [3.63, 3.8) is 0 Å². The van der Waals surface area contributed by atoms with E-state index in [0.717, 1.165) is 6.26 Å². The van der Waals surface area contributed by atoms with Gasteiger partial charge in [-0.25, -0.2) is 21.6 Å². The first-order valence-electron chi connectivity index (χ1n) is 3.80. The Bertz CT molecular complexity index is 341. The van der Waals surface area contributed by atoms with Crippen LogP contribution in [-0.4, -0.2) is 40.6 Å². The Morgan fingerprint density at radius 3 is 1.85 bits per heavy atom. The first-order valence-corrected chi connectivity index (χ1v) is 7.51. The lowest BCUT2D eigenvalue weighted by Crippen LogP contribution is -2.34. The minimum absolute atomic E-state index is 0.204. The average molecular weight is 229 g/mol. The highest BCUT2D eigenvalue weighted by Gasteiger charge is 2.14. The molecule has 13 heavy (non-hydrogen) atoms. The van der Waals surface area contributed by atoms with Crippen LogP contribution in [0.25, 0.3) is 0 Å². The summed E-state index contributed by atoms with van der Waals surface area (Å²) in [7, 11) is -6.66. The molecule has 0 radical (unpaired) electrons. The third kappa shape index (κ3) is 8.20. The number of sulfone groups is 1. The number of rotatable bonds is 5. The van der Waals surface area contributed by atoms with Crippen LogP contribution in [0.3, 0.4) is 0 Å². The maximum absolute atomic E-state index is 11.1. The van der Waals surface area contributed by atoms with Gasteiger partial charge in [0.25, 0.3) is 0 Å². The molecule has 0 unspecified atom stereocenters. The second kappa shape index (κ2) is 4.39. The highest BCUT2D eigenvalue weighted by atomic mass is 32.2. The Labute approximate surface area is 79.5 Å². The van der Waals surface area contributed by atoms with Gasteiger partial charge in [-0.05, 0) is 13.8 Å². The molecule has 0 aliphatic rings. The van der Waals surface area contributed by atoms with Crippen molar-refractivity contribution >= 4 is 19.9 Å². The topological polar surface area (TPSA) is 80.3 Å². The van der Waals surface area contributed by atoms with Gasteiger partial charge >= 0.3 is 0 Å². The number of nitrogens with one attached hydrogen (secondary N) is 1. The summed E-state index contributed by atoms with van der Waals surface area (Å²) in [5, 5.41) is 0. The Kier molecular flexibility index (Phi) is 4.34. The van der Waals surface area contributed by atoms with Crippen LogP contribution in [0.4, 0.5) is 0 Å². The van der Waals surface area contributed by atoms with Crippen LogP contribution in [0.2, 0.25) is 0 Å². The van der Waals surface area contributed by atoms with Gasteiger partial charge in [0.05, 0.1) is 11.5 Å². The van der Waals surface area contributed by atoms with E-state index in [-0.39, 0.29) is 17.5 Å². The molecular formula is C6H15NO4S2. The first-order chi connectivity index (χ1) is 5.62. The summed E-state index contributed by atoms with van der Waals surface area (Å²) in [4.78, 5) is 0. The maximum Gasteiger partial charge on any atom is 0.212 e. The van der Waals surface area contributed by atoms with Crippen LogP contribution in [0.15, 0.2) is 0 Å².